The van der Waals surface area contributed by atoms with Gasteiger partial charge in [0.2, 0.25) is 0 Å². The SMILES string of the molecule is FC(F)(F)C1=CC=C=C[CH]1.[Br-].[Ni]. The first kappa shape index (κ1) is 14.5. The standard InChI is InChI=1S/C7H4F3.BrH.Ni/c8-7(9,10)6-4-2-1-3-5-6;;/h2-5H;1H;/p-1. The Kier molecular flexibility index (Phi) is 6.82. The molecule has 1 rings (SSSR count). The van der Waals surface area contributed by atoms with Gasteiger partial charge in [0.25, 0.3) is 0 Å². The molecule has 0 fully saturated rings. The summed E-state index contributed by atoms with van der Waals surface area (Å²) in [6.45, 7) is 0. The second-order valence-corrected chi connectivity index (χ2v) is 1.79. The van der Waals surface area contributed by atoms with E-state index in [-0.39, 0.29) is 33.5 Å². The zero-order valence-electron chi connectivity index (χ0n) is 5.64. The van der Waals surface area contributed by atoms with Crippen LogP contribution < -0.4 is 17.0 Å². The summed E-state index contributed by atoms with van der Waals surface area (Å²) in [5, 5.41) is 0. The van der Waals surface area contributed by atoms with Gasteiger partial charge in [-0.3, -0.25) is 0 Å². The fraction of sp³-hybridized carbons (Fsp3) is 0.143. The van der Waals surface area contributed by atoms with E-state index in [9.17, 15) is 13.2 Å². The molecule has 0 aromatic rings. The average Bonchev–Trinajstić information content (AvgIpc) is 1.88. The molecule has 71 valence electrons. The third kappa shape index (κ3) is 4.15. The molecule has 12 heavy (non-hydrogen) atoms. The van der Waals surface area contributed by atoms with E-state index >= 15 is 0 Å². The van der Waals surface area contributed by atoms with Crippen molar-refractivity contribution in [3.8, 4) is 0 Å². The Morgan fingerprint density at radius 3 is 2.00 bits per heavy atom. The summed E-state index contributed by atoms with van der Waals surface area (Å²) in [6.07, 6.45) is 0.223. The minimum absolute atomic E-state index is 0. The Balaban J connectivity index is 0. The second-order valence-electron chi connectivity index (χ2n) is 1.79. The maximum atomic E-state index is 11.8. The molecule has 0 saturated heterocycles. The van der Waals surface area contributed by atoms with Gasteiger partial charge in [-0.1, -0.05) is 0 Å². The molecule has 0 spiro atoms. The molecule has 0 bridgehead atoms. The molecule has 0 saturated carbocycles. The van der Waals surface area contributed by atoms with E-state index in [2.05, 4.69) is 5.73 Å². The van der Waals surface area contributed by atoms with E-state index in [1.54, 1.807) is 0 Å². The van der Waals surface area contributed by atoms with Crippen molar-refractivity contribution in [2.24, 2.45) is 0 Å². The third-order valence-corrected chi connectivity index (χ3v) is 1.05. The first-order chi connectivity index (χ1) is 4.61. The minimum atomic E-state index is -4.23. The van der Waals surface area contributed by atoms with Gasteiger partial charge in [0.1, 0.15) is 0 Å². The first-order valence-corrected chi connectivity index (χ1v) is 2.64. The van der Waals surface area contributed by atoms with Gasteiger partial charge in [-0.05, 0) is 18.2 Å². The van der Waals surface area contributed by atoms with Gasteiger partial charge in [-0.2, -0.15) is 13.2 Å². The van der Waals surface area contributed by atoms with Crippen LogP contribution in [0.15, 0.2) is 29.5 Å². The zero-order chi connectivity index (χ0) is 7.61. The molecular formula is C7H4BrF3Ni-. The Morgan fingerprint density at radius 2 is 1.75 bits per heavy atom. The van der Waals surface area contributed by atoms with Crippen LogP contribution >= 0.6 is 0 Å². The molecule has 5 heteroatoms. The van der Waals surface area contributed by atoms with Gasteiger partial charge in [-0.15, -0.1) is 5.73 Å². The van der Waals surface area contributed by atoms with Crippen LogP contribution in [-0.4, -0.2) is 6.18 Å². The van der Waals surface area contributed by atoms with Crippen LogP contribution in [-0.2, 0) is 16.5 Å². The van der Waals surface area contributed by atoms with E-state index in [1.807, 2.05) is 0 Å². The van der Waals surface area contributed by atoms with E-state index in [0.717, 1.165) is 12.5 Å². The quantitative estimate of drug-likeness (QED) is 0.412. The summed E-state index contributed by atoms with van der Waals surface area (Å²) in [5.74, 6) is 0. The smallest absolute Gasteiger partial charge is 0.413 e. The maximum Gasteiger partial charge on any atom is 0.413 e. The summed E-state index contributed by atoms with van der Waals surface area (Å²) < 4.78 is 35.3. The fourth-order valence-electron chi connectivity index (χ4n) is 0.576. The molecule has 0 atom stereocenters. The van der Waals surface area contributed by atoms with E-state index < -0.39 is 11.7 Å². The van der Waals surface area contributed by atoms with Crippen molar-refractivity contribution in [2.75, 3.05) is 0 Å². The van der Waals surface area contributed by atoms with Gasteiger partial charge in [0.05, 0.1) is 0 Å². The summed E-state index contributed by atoms with van der Waals surface area (Å²) in [7, 11) is 0. The molecule has 1 aliphatic carbocycles. The zero-order valence-corrected chi connectivity index (χ0v) is 8.21. The van der Waals surface area contributed by atoms with Crippen molar-refractivity contribution in [3.05, 3.63) is 36.0 Å². The third-order valence-electron chi connectivity index (χ3n) is 1.05. The molecular weight excluding hydrogens is 280 g/mol. The van der Waals surface area contributed by atoms with Crippen LogP contribution in [0, 0.1) is 6.42 Å². The van der Waals surface area contributed by atoms with Gasteiger partial charge >= 0.3 is 6.18 Å². The van der Waals surface area contributed by atoms with Crippen molar-refractivity contribution < 1.29 is 46.6 Å². The van der Waals surface area contributed by atoms with Crippen LogP contribution in [0.1, 0.15) is 0 Å². The number of alkyl halides is 3. The Bertz CT molecular complexity index is 223. The van der Waals surface area contributed by atoms with Crippen molar-refractivity contribution in [3.63, 3.8) is 0 Å². The van der Waals surface area contributed by atoms with Crippen LogP contribution in [0.5, 0.6) is 0 Å². The Labute approximate surface area is 88.9 Å². The maximum absolute atomic E-state index is 11.8. The second kappa shape index (κ2) is 5.63. The number of hydrogen-bond donors (Lipinski definition) is 0. The fourth-order valence-corrected chi connectivity index (χ4v) is 0.576. The summed E-state index contributed by atoms with van der Waals surface area (Å²) in [4.78, 5) is 0. The van der Waals surface area contributed by atoms with Crippen LogP contribution in [0.4, 0.5) is 13.2 Å². The molecule has 0 N–H and O–H groups in total. The molecule has 1 radical (unpaired) electrons. The number of allylic oxidation sites excluding steroid dienone is 3. The van der Waals surface area contributed by atoms with Crippen molar-refractivity contribution >= 4 is 0 Å². The van der Waals surface area contributed by atoms with Gasteiger partial charge in [0, 0.05) is 28.5 Å². The molecule has 0 amide bonds. The van der Waals surface area contributed by atoms with Crippen LogP contribution in [0.2, 0.25) is 0 Å². The van der Waals surface area contributed by atoms with Crippen molar-refractivity contribution in [1.29, 1.82) is 0 Å². The Morgan fingerprint density at radius 1 is 1.17 bits per heavy atom. The van der Waals surface area contributed by atoms with Gasteiger partial charge in [-0.25, -0.2) is 0 Å². The molecule has 0 unspecified atom stereocenters. The first-order valence-electron chi connectivity index (χ1n) is 2.64. The normalized spacial score (nSPS) is 14.4. The summed E-state index contributed by atoms with van der Waals surface area (Å²) in [5.41, 5.74) is 1.87. The molecule has 0 aromatic carbocycles. The summed E-state index contributed by atoms with van der Waals surface area (Å²) >= 11 is 0. The number of hydrogen-bond acceptors (Lipinski definition) is 0. The van der Waals surface area contributed by atoms with Crippen molar-refractivity contribution in [2.45, 2.75) is 6.18 Å². The summed E-state index contributed by atoms with van der Waals surface area (Å²) in [6, 6.07) is 0. The Hall–Kier alpha value is 0.0235. The largest absolute Gasteiger partial charge is 1.00 e. The predicted molar refractivity (Wildman–Crippen MR) is 31.1 cm³/mol. The van der Waals surface area contributed by atoms with E-state index in [1.165, 1.54) is 12.2 Å². The van der Waals surface area contributed by atoms with Crippen molar-refractivity contribution in [1.82, 2.24) is 0 Å². The minimum Gasteiger partial charge on any atom is -1.00 e. The van der Waals surface area contributed by atoms with E-state index in [0.29, 0.717) is 0 Å². The molecule has 0 aromatic heterocycles. The van der Waals surface area contributed by atoms with E-state index in [4.69, 9.17) is 0 Å². The molecule has 0 aliphatic heterocycles. The number of rotatable bonds is 0. The number of halogens is 4. The monoisotopic (exact) mass is 282 g/mol. The van der Waals surface area contributed by atoms with Crippen LogP contribution in [0.25, 0.3) is 0 Å². The van der Waals surface area contributed by atoms with Crippen LogP contribution in [0.3, 0.4) is 0 Å². The molecule has 1 aliphatic rings. The molecule has 0 heterocycles. The van der Waals surface area contributed by atoms with Gasteiger partial charge in [0.15, 0.2) is 0 Å². The molecule has 0 nitrogen and oxygen atoms in total. The predicted octanol–water partition coefficient (Wildman–Crippen LogP) is -0.594. The average molecular weight is 284 g/mol. The topological polar surface area (TPSA) is 0 Å². The van der Waals surface area contributed by atoms with Gasteiger partial charge < -0.3 is 17.0 Å².